The average Bonchev–Trinajstić information content (AvgIpc) is 4.05. The monoisotopic (exact) mass is 840 g/mol. The number of anilines is 3. The Morgan fingerprint density at radius 2 is 1.75 bits per heavy atom. The Kier molecular flexibility index (Phi) is 10.6. The normalized spacial score (nSPS) is 22.0. The maximum atomic E-state index is 13.5. The number of carbonyl (C=O) groups excluding carboxylic acids is 2. The van der Waals surface area contributed by atoms with E-state index in [1.807, 2.05) is 19.1 Å². The van der Waals surface area contributed by atoms with Crippen molar-refractivity contribution >= 4 is 51.6 Å². The lowest BCUT2D eigenvalue weighted by Crippen LogP contribution is -2.74. The van der Waals surface area contributed by atoms with E-state index in [4.69, 9.17) is 21.4 Å². The van der Waals surface area contributed by atoms with Gasteiger partial charge in [-0.3, -0.25) is 19.2 Å². The summed E-state index contributed by atoms with van der Waals surface area (Å²) in [6, 6.07) is 19.8. The lowest BCUT2D eigenvalue weighted by molar-refractivity contribution is -0.164. The Bertz CT molecular complexity index is 2520. The number of nitrogens with one attached hydrogen (secondary N) is 3. The maximum Gasteiger partial charge on any atom is 0.254 e. The average molecular weight is 841 g/mol. The number of halogens is 1. The Morgan fingerprint density at radius 3 is 2.46 bits per heavy atom. The third kappa shape index (κ3) is 7.88. The molecule has 9 rings (SSSR count). The summed E-state index contributed by atoms with van der Waals surface area (Å²) in [5, 5.41) is 25.9. The van der Waals surface area contributed by atoms with Crippen molar-refractivity contribution in [1.29, 1.82) is 5.26 Å². The standard InChI is InChI=1S/C47H53ClN10O3/c1-28-22-39(59)53-37-9-6-8-34(41(37)52-28)30-13-15-38-35(23-30)40(29-10-11-29)55-58(38)17-7-16-56-18-20-57(21-19-56)45-50-26-32(27-51-45)42(60)54-43-46(2,3)44(47(43,4)5)61-33-14-12-31(25-49)36(48)24-33/h6,8-9,12-15,23-24,26-29,43-44,52H,7,10-11,16-22H2,1-5H3,(H,53,59)(H,54,60)/t28-,43?,44?/m1/s1. The number of para-hydroxylation sites is 1. The van der Waals surface area contributed by atoms with Crippen LogP contribution < -0.4 is 25.6 Å². The summed E-state index contributed by atoms with van der Waals surface area (Å²) in [5.74, 6) is 1.55. The fourth-order valence-electron chi connectivity index (χ4n) is 10.1. The van der Waals surface area contributed by atoms with Gasteiger partial charge in [-0.1, -0.05) is 57.5 Å². The van der Waals surface area contributed by atoms with E-state index >= 15 is 0 Å². The highest BCUT2D eigenvalue weighted by Crippen LogP contribution is 2.55. The van der Waals surface area contributed by atoms with Gasteiger partial charge in [0.05, 0.1) is 38.7 Å². The van der Waals surface area contributed by atoms with Gasteiger partial charge in [-0.15, -0.1) is 0 Å². The Balaban J connectivity index is 0.780. The zero-order chi connectivity index (χ0) is 42.6. The number of hydrogen-bond donors (Lipinski definition) is 3. The molecular formula is C47H53ClN10O3. The highest BCUT2D eigenvalue weighted by atomic mass is 35.5. The van der Waals surface area contributed by atoms with Crippen LogP contribution in [0.15, 0.2) is 67.0 Å². The first-order valence-corrected chi connectivity index (χ1v) is 21.8. The fourth-order valence-corrected chi connectivity index (χ4v) is 10.3. The topological polar surface area (TPSA) is 153 Å². The molecule has 316 valence electrons. The number of ether oxygens (including phenoxy) is 1. The molecule has 4 heterocycles. The van der Waals surface area contributed by atoms with E-state index in [0.717, 1.165) is 68.2 Å². The van der Waals surface area contributed by atoms with E-state index < -0.39 is 0 Å². The summed E-state index contributed by atoms with van der Waals surface area (Å²) in [6.45, 7) is 15.6. The van der Waals surface area contributed by atoms with Gasteiger partial charge >= 0.3 is 0 Å². The minimum Gasteiger partial charge on any atom is -0.489 e. The Morgan fingerprint density at radius 1 is 1.00 bits per heavy atom. The Labute approximate surface area is 361 Å². The molecule has 2 aliphatic carbocycles. The van der Waals surface area contributed by atoms with E-state index in [1.54, 1.807) is 30.6 Å². The van der Waals surface area contributed by atoms with Crippen molar-refractivity contribution < 1.29 is 14.3 Å². The molecule has 3 N–H and O–H groups in total. The van der Waals surface area contributed by atoms with Gasteiger partial charge in [0, 0.05) is 104 Å². The molecule has 3 fully saturated rings. The molecule has 4 aliphatic rings. The number of hydrogen-bond acceptors (Lipinski definition) is 10. The highest BCUT2D eigenvalue weighted by molar-refractivity contribution is 6.31. The number of carbonyl (C=O) groups is 2. The molecule has 0 unspecified atom stereocenters. The molecule has 2 aromatic heterocycles. The van der Waals surface area contributed by atoms with Crippen LogP contribution in [-0.4, -0.2) is 87.4 Å². The fraction of sp³-hybridized carbons (Fsp3) is 0.447. The first-order chi connectivity index (χ1) is 29.3. The minimum absolute atomic E-state index is 0.0301. The largest absolute Gasteiger partial charge is 0.489 e. The van der Waals surface area contributed by atoms with E-state index in [9.17, 15) is 14.9 Å². The van der Waals surface area contributed by atoms with Crippen LogP contribution in [0.4, 0.5) is 17.3 Å². The van der Waals surface area contributed by atoms with E-state index in [0.29, 0.717) is 40.2 Å². The minimum atomic E-state index is -0.377. The molecule has 13 nitrogen and oxygen atoms in total. The van der Waals surface area contributed by atoms with Crippen molar-refractivity contribution in [2.75, 3.05) is 48.3 Å². The van der Waals surface area contributed by atoms with Gasteiger partial charge in [0.15, 0.2) is 0 Å². The summed E-state index contributed by atoms with van der Waals surface area (Å²) >= 11 is 6.26. The van der Waals surface area contributed by atoms with Crippen LogP contribution in [0.3, 0.4) is 0 Å². The zero-order valence-corrected chi connectivity index (χ0v) is 36.2. The number of nitrogens with zero attached hydrogens (tertiary/aromatic N) is 7. The molecule has 2 aliphatic heterocycles. The zero-order valence-electron chi connectivity index (χ0n) is 35.5. The van der Waals surface area contributed by atoms with Gasteiger partial charge in [-0.2, -0.15) is 10.4 Å². The SMILES string of the molecule is C[C@@H]1CC(=O)Nc2cccc(-c3ccc4c(c3)c(C3CC3)nn4CCCN3CCN(c4ncc(C(=O)NC5C(C)(C)C(Oc6ccc(C#N)c(Cl)c6)C5(C)C)cn4)CC3)c2N1. The first kappa shape index (κ1) is 40.7. The van der Waals surface area contributed by atoms with Crippen LogP contribution in [-0.2, 0) is 11.3 Å². The number of amides is 2. The lowest BCUT2D eigenvalue weighted by atomic mass is 9.49. The third-order valence-electron chi connectivity index (χ3n) is 13.1. The molecule has 0 radical (unpaired) electrons. The maximum absolute atomic E-state index is 13.5. The van der Waals surface area contributed by atoms with Gasteiger partial charge in [0.25, 0.3) is 5.91 Å². The highest BCUT2D eigenvalue weighted by Gasteiger charge is 2.64. The van der Waals surface area contributed by atoms with Crippen molar-refractivity contribution in [3.05, 3.63) is 88.8 Å². The number of piperazine rings is 1. The summed E-state index contributed by atoms with van der Waals surface area (Å²) in [4.78, 5) is 39.8. The Hall–Kier alpha value is -5.71. The second kappa shape index (κ2) is 16.0. The van der Waals surface area contributed by atoms with Crippen LogP contribution >= 0.6 is 11.6 Å². The van der Waals surface area contributed by atoms with Crippen molar-refractivity contribution in [2.24, 2.45) is 10.8 Å². The molecule has 1 atom stereocenters. The molecule has 0 bridgehead atoms. The van der Waals surface area contributed by atoms with Crippen LogP contribution in [0.1, 0.15) is 87.8 Å². The molecular weight excluding hydrogens is 788 g/mol. The van der Waals surface area contributed by atoms with Crippen LogP contribution in [0, 0.1) is 22.2 Å². The number of rotatable bonds is 11. The van der Waals surface area contributed by atoms with E-state index in [1.165, 1.54) is 29.4 Å². The van der Waals surface area contributed by atoms with Gasteiger partial charge in [0.2, 0.25) is 11.9 Å². The second-order valence-corrected chi connectivity index (χ2v) is 18.8. The van der Waals surface area contributed by atoms with Gasteiger partial charge in [0.1, 0.15) is 17.9 Å². The van der Waals surface area contributed by atoms with Crippen molar-refractivity contribution in [3.63, 3.8) is 0 Å². The summed E-state index contributed by atoms with van der Waals surface area (Å²) in [7, 11) is 0. The third-order valence-corrected chi connectivity index (χ3v) is 13.4. The molecule has 61 heavy (non-hydrogen) atoms. The quantitative estimate of drug-likeness (QED) is 0.120. The van der Waals surface area contributed by atoms with Crippen LogP contribution in [0.2, 0.25) is 5.02 Å². The number of benzene rings is 3. The number of fused-ring (bicyclic) bond motifs is 2. The van der Waals surface area contributed by atoms with Gasteiger partial charge in [-0.05, 0) is 62.1 Å². The molecule has 2 saturated carbocycles. The summed E-state index contributed by atoms with van der Waals surface area (Å²) < 4.78 is 8.58. The molecule has 1 saturated heterocycles. The summed E-state index contributed by atoms with van der Waals surface area (Å²) in [5.41, 5.74) is 6.44. The van der Waals surface area contributed by atoms with Crippen LogP contribution in [0.5, 0.6) is 5.75 Å². The summed E-state index contributed by atoms with van der Waals surface area (Å²) in [6.07, 6.45) is 6.82. The number of nitriles is 1. The molecule has 14 heteroatoms. The molecule has 2 amide bonds. The van der Waals surface area contributed by atoms with E-state index in [-0.39, 0.29) is 40.8 Å². The first-order valence-electron chi connectivity index (χ1n) is 21.5. The van der Waals surface area contributed by atoms with Crippen molar-refractivity contribution in [3.8, 4) is 22.9 Å². The van der Waals surface area contributed by atoms with Crippen LogP contribution in [0.25, 0.3) is 22.0 Å². The predicted octanol–water partition coefficient (Wildman–Crippen LogP) is 7.86. The molecule has 3 aromatic carbocycles. The smallest absolute Gasteiger partial charge is 0.254 e. The number of aromatic nitrogens is 4. The molecule has 5 aromatic rings. The van der Waals surface area contributed by atoms with Crippen molar-refractivity contribution in [2.45, 2.75) is 91.0 Å². The van der Waals surface area contributed by atoms with Gasteiger partial charge < -0.3 is 25.6 Å². The van der Waals surface area contributed by atoms with E-state index in [2.05, 4.69) is 98.4 Å². The van der Waals surface area contributed by atoms with Gasteiger partial charge in [-0.25, -0.2) is 9.97 Å². The number of aryl methyl sites for hydroxylation is 1. The lowest BCUT2D eigenvalue weighted by Gasteiger charge is -2.63. The predicted molar refractivity (Wildman–Crippen MR) is 238 cm³/mol. The molecule has 0 spiro atoms. The second-order valence-electron chi connectivity index (χ2n) is 18.4. The van der Waals surface area contributed by atoms with Crippen molar-refractivity contribution in [1.82, 2.24) is 30.0 Å².